The predicted octanol–water partition coefficient (Wildman–Crippen LogP) is 3.36. The summed E-state index contributed by atoms with van der Waals surface area (Å²) in [5, 5.41) is 0. The van der Waals surface area contributed by atoms with Crippen LogP contribution in [0.25, 0.3) is 0 Å². The average molecular weight is 246 g/mol. The average Bonchev–Trinajstić information content (AvgIpc) is 2.32. The highest BCUT2D eigenvalue weighted by molar-refractivity contribution is 6.33. The molecule has 0 heterocycles. The Bertz CT molecular complexity index is 127. The Hall–Kier alpha value is 0.137. The van der Waals surface area contributed by atoms with Crippen molar-refractivity contribution in [3.8, 4) is 0 Å². The minimum atomic E-state index is 0.00881. The van der Waals surface area contributed by atoms with Gasteiger partial charge in [-0.1, -0.05) is 51.1 Å². The molecule has 0 radical (unpaired) electrons. The number of hydrogen-bond donors (Lipinski definition) is 0. The highest BCUT2D eigenvalue weighted by atomic mass is 28.2. The van der Waals surface area contributed by atoms with Crippen molar-refractivity contribution in [2.45, 2.75) is 70.2 Å². The lowest BCUT2D eigenvalue weighted by atomic mass is 10.1. The molecule has 0 N–H and O–H groups in total. The number of hydrogen-bond acceptors (Lipinski definition) is 2. The van der Waals surface area contributed by atoms with E-state index in [0.717, 1.165) is 6.42 Å². The van der Waals surface area contributed by atoms with Crippen LogP contribution < -0.4 is 0 Å². The molecule has 0 aliphatic rings. The number of rotatable bonds is 12. The van der Waals surface area contributed by atoms with Crippen LogP contribution in [0.4, 0.5) is 0 Å². The summed E-state index contributed by atoms with van der Waals surface area (Å²) in [5.74, 6) is 0. The fraction of sp³-hybridized carbons (Fsp3) is 1.00. The van der Waals surface area contributed by atoms with Gasteiger partial charge in [0.05, 0.1) is 0 Å². The molecule has 2 nitrogen and oxygen atoms in total. The largest absolute Gasteiger partial charge is 0.356 e. The molecule has 0 saturated carbocycles. The fourth-order valence-electron chi connectivity index (χ4n) is 1.95. The van der Waals surface area contributed by atoms with Crippen molar-refractivity contribution in [3.05, 3.63) is 0 Å². The molecule has 0 aromatic heterocycles. The zero-order valence-corrected chi connectivity index (χ0v) is 12.9. The molecular weight excluding hydrogens is 216 g/mol. The summed E-state index contributed by atoms with van der Waals surface area (Å²) in [5.41, 5.74) is 0. The molecular formula is C13H30O2Si. The third kappa shape index (κ3) is 10.6. The molecule has 0 spiro atoms. The van der Waals surface area contributed by atoms with Crippen LogP contribution in [0.3, 0.4) is 0 Å². The first-order valence-electron chi connectivity index (χ1n) is 6.90. The Morgan fingerprint density at radius 2 is 1.31 bits per heavy atom. The second-order valence-corrected chi connectivity index (χ2v) is 6.23. The topological polar surface area (TPSA) is 18.5 Å². The van der Waals surface area contributed by atoms with Gasteiger partial charge in [-0.15, -0.1) is 0 Å². The van der Waals surface area contributed by atoms with E-state index in [-0.39, 0.29) is 6.29 Å². The van der Waals surface area contributed by atoms with Crippen molar-refractivity contribution in [2.24, 2.45) is 0 Å². The molecule has 0 atom stereocenters. The maximum atomic E-state index is 5.15. The first-order valence-corrected chi connectivity index (χ1v) is 9.32. The monoisotopic (exact) mass is 246 g/mol. The highest BCUT2D eigenvalue weighted by Gasteiger charge is 2.03. The predicted molar refractivity (Wildman–Crippen MR) is 74.0 cm³/mol. The molecule has 0 fully saturated rings. The van der Waals surface area contributed by atoms with Crippen molar-refractivity contribution in [1.82, 2.24) is 0 Å². The lowest BCUT2D eigenvalue weighted by Crippen LogP contribution is -2.12. The third-order valence-corrected chi connectivity index (χ3v) is 4.28. The van der Waals surface area contributed by atoms with Crippen molar-refractivity contribution >= 4 is 9.52 Å². The van der Waals surface area contributed by atoms with Gasteiger partial charge in [0.15, 0.2) is 6.29 Å². The maximum Gasteiger partial charge on any atom is 0.156 e. The summed E-state index contributed by atoms with van der Waals surface area (Å²) < 4.78 is 10.3. The Kier molecular flexibility index (Phi) is 13.3. The minimum Gasteiger partial charge on any atom is -0.356 e. The number of ether oxygens (including phenoxy) is 2. The lowest BCUT2D eigenvalue weighted by Gasteiger charge is -2.12. The van der Waals surface area contributed by atoms with Gasteiger partial charge in [-0.3, -0.25) is 0 Å². The molecule has 0 aromatic carbocycles. The van der Waals surface area contributed by atoms with Gasteiger partial charge in [0.1, 0.15) is 0 Å². The molecule has 0 bridgehead atoms. The van der Waals surface area contributed by atoms with Gasteiger partial charge in [0.2, 0.25) is 0 Å². The van der Waals surface area contributed by atoms with Crippen LogP contribution in [0, 0.1) is 0 Å². The van der Waals surface area contributed by atoms with Gasteiger partial charge in [-0.25, -0.2) is 0 Å². The van der Waals surface area contributed by atoms with Gasteiger partial charge >= 0.3 is 0 Å². The van der Waals surface area contributed by atoms with Crippen LogP contribution in [0.1, 0.15) is 51.4 Å². The second kappa shape index (κ2) is 13.2. The molecule has 0 unspecified atom stereocenters. The molecule has 98 valence electrons. The SMILES string of the molecule is COC(CCCCCCCCC[SiH2]C)OC. The molecule has 0 aliphatic carbocycles. The molecule has 0 saturated heterocycles. The van der Waals surface area contributed by atoms with Crippen LogP contribution in [0.5, 0.6) is 0 Å². The van der Waals surface area contributed by atoms with E-state index in [1.165, 1.54) is 44.9 Å². The molecule has 0 aliphatic heterocycles. The Morgan fingerprint density at radius 3 is 1.81 bits per heavy atom. The van der Waals surface area contributed by atoms with E-state index < -0.39 is 0 Å². The standard InChI is InChI=1S/C13H30O2Si/c1-14-13(15-2)11-9-7-5-4-6-8-10-12-16-3/h13H,4-12,16H2,1-3H3. The second-order valence-electron chi connectivity index (χ2n) is 4.52. The fourth-order valence-corrected chi connectivity index (χ4v) is 2.81. The first kappa shape index (κ1) is 16.1. The van der Waals surface area contributed by atoms with E-state index in [9.17, 15) is 0 Å². The summed E-state index contributed by atoms with van der Waals surface area (Å²) >= 11 is 0. The van der Waals surface area contributed by atoms with Gasteiger partial charge in [0.25, 0.3) is 0 Å². The van der Waals surface area contributed by atoms with Gasteiger partial charge in [0, 0.05) is 23.7 Å². The van der Waals surface area contributed by atoms with E-state index in [4.69, 9.17) is 9.47 Å². The Balaban J connectivity index is 3.03. The summed E-state index contributed by atoms with van der Waals surface area (Å²) in [7, 11) is 3.75. The molecule has 0 amide bonds. The maximum absolute atomic E-state index is 5.15. The van der Waals surface area contributed by atoms with Crippen LogP contribution in [-0.4, -0.2) is 30.0 Å². The number of methoxy groups -OCH3 is 2. The van der Waals surface area contributed by atoms with Gasteiger partial charge < -0.3 is 9.47 Å². The quantitative estimate of drug-likeness (QED) is 0.299. The summed E-state index contributed by atoms with van der Waals surface area (Å²) in [6.07, 6.45) is 10.8. The third-order valence-electron chi connectivity index (χ3n) is 3.07. The van der Waals surface area contributed by atoms with Crippen LogP contribution >= 0.6 is 0 Å². The summed E-state index contributed by atoms with van der Waals surface area (Å²) in [4.78, 5) is 0. The van der Waals surface area contributed by atoms with E-state index in [0.29, 0.717) is 9.52 Å². The molecule has 3 heteroatoms. The summed E-state index contributed by atoms with van der Waals surface area (Å²) in [6, 6.07) is 1.54. The Labute approximate surface area is 104 Å². The number of unbranched alkanes of at least 4 members (excludes halogenated alkanes) is 6. The van der Waals surface area contributed by atoms with Crippen molar-refractivity contribution in [3.63, 3.8) is 0 Å². The molecule has 0 aromatic rings. The zero-order chi connectivity index (χ0) is 12.1. The molecule has 16 heavy (non-hydrogen) atoms. The van der Waals surface area contributed by atoms with E-state index in [1.54, 1.807) is 20.3 Å². The van der Waals surface area contributed by atoms with Crippen molar-refractivity contribution in [1.29, 1.82) is 0 Å². The van der Waals surface area contributed by atoms with Crippen molar-refractivity contribution < 1.29 is 9.47 Å². The Morgan fingerprint density at radius 1 is 0.812 bits per heavy atom. The molecule has 0 rings (SSSR count). The first-order chi connectivity index (χ1) is 7.85. The smallest absolute Gasteiger partial charge is 0.156 e. The van der Waals surface area contributed by atoms with Crippen LogP contribution in [0.2, 0.25) is 12.6 Å². The van der Waals surface area contributed by atoms with Crippen molar-refractivity contribution in [2.75, 3.05) is 14.2 Å². The van der Waals surface area contributed by atoms with Gasteiger partial charge in [-0.2, -0.15) is 0 Å². The normalized spacial score (nSPS) is 12.0. The van der Waals surface area contributed by atoms with Crippen LogP contribution in [0.15, 0.2) is 0 Å². The van der Waals surface area contributed by atoms with Crippen LogP contribution in [-0.2, 0) is 9.47 Å². The van der Waals surface area contributed by atoms with E-state index in [2.05, 4.69) is 6.55 Å². The van der Waals surface area contributed by atoms with Gasteiger partial charge in [-0.05, 0) is 12.8 Å². The zero-order valence-electron chi connectivity index (χ0n) is 11.5. The minimum absolute atomic E-state index is 0.00881. The highest BCUT2D eigenvalue weighted by Crippen LogP contribution is 2.11. The summed E-state index contributed by atoms with van der Waals surface area (Å²) in [6.45, 7) is 2.40. The van der Waals surface area contributed by atoms with E-state index in [1.807, 2.05) is 0 Å². The lowest BCUT2D eigenvalue weighted by molar-refractivity contribution is -0.107. The van der Waals surface area contributed by atoms with E-state index >= 15 is 0 Å².